The van der Waals surface area contributed by atoms with Crippen molar-refractivity contribution in [3.05, 3.63) is 50.9 Å². The van der Waals surface area contributed by atoms with Gasteiger partial charge in [0.1, 0.15) is 17.3 Å². The average Bonchev–Trinajstić information content (AvgIpc) is 2.71. The maximum Gasteiger partial charge on any atom is 0.257 e. The van der Waals surface area contributed by atoms with Crippen molar-refractivity contribution in [2.24, 2.45) is 5.41 Å². The number of allylic oxidation sites excluding steroid dienone is 2. The smallest absolute Gasteiger partial charge is 0.257 e. The first-order valence-electron chi connectivity index (χ1n) is 10.3. The van der Waals surface area contributed by atoms with Crippen molar-refractivity contribution >= 4 is 23.4 Å². The molecule has 31 heavy (non-hydrogen) atoms. The molecule has 0 saturated heterocycles. The summed E-state index contributed by atoms with van der Waals surface area (Å²) >= 11 is 1.47. The summed E-state index contributed by atoms with van der Waals surface area (Å²) in [4.78, 5) is 34.2. The number of carbonyl (C=O) groups excluding carboxylic acids is 1. The average molecular weight is 442 g/mol. The molecule has 1 aromatic heterocycles. The molecule has 0 bridgehead atoms. The number of methoxy groups -OCH3 is 2. The number of H-pyrrole nitrogens is 1. The van der Waals surface area contributed by atoms with Gasteiger partial charge >= 0.3 is 0 Å². The van der Waals surface area contributed by atoms with Crippen LogP contribution in [-0.2, 0) is 4.79 Å². The Hall–Kier alpha value is -2.74. The molecule has 2 N–H and O–H groups in total. The van der Waals surface area contributed by atoms with E-state index in [1.54, 1.807) is 26.4 Å². The van der Waals surface area contributed by atoms with Gasteiger partial charge in [-0.1, -0.05) is 32.5 Å². The van der Waals surface area contributed by atoms with Crippen molar-refractivity contribution in [3.63, 3.8) is 0 Å². The lowest BCUT2D eigenvalue weighted by atomic mass is 9.69. The molecule has 4 rings (SSSR count). The van der Waals surface area contributed by atoms with Crippen molar-refractivity contribution in [2.75, 3.05) is 25.3 Å². The fourth-order valence-corrected chi connectivity index (χ4v) is 5.07. The van der Waals surface area contributed by atoms with Crippen molar-refractivity contribution in [1.82, 2.24) is 9.97 Å². The van der Waals surface area contributed by atoms with E-state index < -0.39 is 5.92 Å². The maximum atomic E-state index is 13.4. The minimum absolute atomic E-state index is 0.0330. The second kappa shape index (κ2) is 8.07. The first kappa shape index (κ1) is 21.5. The van der Waals surface area contributed by atoms with Gasteiger partial charge in [0, 0.05) is 23.3 Å². The molecule has 2 aliphatic rings. The number of ketones is 1. The Bertz CT molecular complexity index is 1140. The first-order chi connectivity index (χ1) is 14.8. The second-order valence-electron chi connectivity index (χ2n) is 8.57. The predicted molar refractivity (Wildman–Crippen MR) is 121 cm³/mol. The van der Waals surface area contributed by atoms with Gasteiger partial charge in [-0.15, -0.1) is 0 Å². The van der Waals surface area contributed by atoms with Crippen molar-refractivity contribution in [1.29, 1.82) is 0 Å². The molecule has 0 spiro atoms. The van der Waals surface area contributed by atoms with Crippen LogP contribution in [0.4, 0.5) is 5.82 Å². The van der Waals surface area contributed by atoms with E-state index in [1.807, 2.05) is 13.0 Å². The fraction of sp³-hybridized carbons (Fsp3) is 0.435. The van der Waals surface area contributed by atoms with E-state index >= 15 is 0 Å². The van der Waals surface area contributed by atoms with Crippen molar-refractivity contribution < 1.29 is 14.3 Å². The molecular formula is C23H27N3O4S. The molecule has 1 aromatic carbocycles. The summed E-state index contributed by atoms with van der Waals surface area (Å²) in [5.41, 5.74) is 2.15. The lowest BCUT2D eigenvalue weighted by Crippen LogP contribution is -2.37. The second-order valence-corrected chi connectivity index (χ2v) is 9.82. The van der Waals surface area contributed by atoms with Crippen LogP contribution in [0, 0.1) is 5.41 Å². The molecule has 8 heteroatoms. The first-order valence-corrected chi connectivity index (χ1v) is 11.3. The minimum atomic E-state index is -0.586. The van der Waals surface area contributed by atoms with E-state index in [1.165, 1.54) is 11.8 Å². The largest absolute Gasteiger partial charge is 0.497 e. The summed E-state index contributed by atoms with van der Waals surface area (Å²) in [5, 5.41) is 3.89. The lowest BCUT2D eigenvalue weighted by molar-refractivity contribution is -0.118. The number of carbonyl (C=O) groups is 1. The zero-order valence-corrected chi connectivity index (χ0v) is 19.2. The summed E-state index contributed by atoms with van der Waals surface area (Å²) in [6.45, 7) is 6.16. The van der Waals surface area contributed by atoms with E-state index in [9.17, 15) is 9.59 Å². The van der Waals surface area contributed by atoms with Crippen molar-refractivity contribution in [2.45, 2.75) is 44.7 Å². The highest BCUT2D eigenvalue weighted by atomic mass is 32.2. The van der Waals surface area contributed by atoms with Gasteiger partial charge in [0.05, 0.1) is 25.7 Å². The highest BCUT2D eigenvalue weighted by Gasteiger charge is 2.43. The van der Waals surface area contributed by atoms with E-state index in [0.29, 0.717) is 52.0 Å². The molecule has 0 saturated carbocycles. The highest BCUT2D eigenvalue weighted by molar-refractivity contribution is 7.99. The number of ether oxygens (including phenoxy) is 2. The molecule has 0 unspecified atom stereocenters. The van der Waals surface area contributed by atoms with Crippen molar-refractivity contribution in [3.8, 4) is 11.5 Å². The summed E-state index contributed by atoms with van der Waals surface area (Å²) < 4.78 is 11.1. The molecule has 0 amide bonds. The number of aromatic amines is 1. The van der Waals surface area contributed by atoms with Gasteiger partial charge in [0.2, 0.25) is 0 Å². The SMILES string of the molecule is CCSc1nc2c(c(=O)[nH]1)[C@H](c1cc(OC)ccc1OC)C1=C(CC(C)(C)CC1=O)N2. The standard InChI is InChI=1S/C23H27N3O4S/c1-6-31-22-25-20-19(21(28)26-22)17(13-9-12(29-4)7-8-16(13)30-5)18-14(24-20)10-23(2,3)11-15(18)27/h7-9,17H,6,10-11H2,1-5H3,(H2,24,25,26,28)/t17-/m1/s1. The number of nitrogens with one attached hydrogen (secondary N) is 2. The minimum Gasteiger partial charge on any atom is -0.497 e. The summed E-state index contributed by atoms with van der Waals surface area (Å²) in [6, 6.07) is 5.44. The van der Waals surface area contributed by atoms with E-state index in [-0.39, 0.29) is 16.8 Å². The van der Waals surface area contributed by atoms with Crippen LogP contribution in [0.5, 0.6) is 11.5 Å². The Morgan fingerprint density at radius 3 is 2.65 bits per heavy atom. The van der Waals surface area contributed by atoms with Crippen LogP contribution in [0.2, 0.25) is 0 Å². The van der Waals surface area contributed by atoms with E-state index in [4.69, 9.17) is 9.47 Å². The quantitative estimate of drug-likeness (QED) is 0.533. The normalized spacial score (nSPS) is 19.4. The molecular weight excluding hydrogens is 414 g/mol. The van der Waals surface area contributed by atoms with Gasteiger partial charge in [0.25, 0.3) is 5.56 Å². The maximum absolute atomic E-state index is 13.4. The molecule has 1 atom stereocenters. The van der Waals surface area contributed by atoms with Gasteiger partial charge in [-0.25, -0.2) is 4.98 Å². The molecule has 0 radical (unpaired) electrons. The lowest BCUT2D eigenvalue weighted by Gasteiger charge is -2.38. The zero-order chi connectivity index (χ0) is 22.3. The van der Waals surface area contributed by atoms with Crippen LogP contribution in [0.25, 0.3) is 0 Å². The zero-order valence-electron chi connectivity index (χ0n) is 18.4. The molecule has 0 fully saturated rings. The Balaban J connectivity index is 2.01. The third-order valence-electron chi connectivity index (χ3n) is 5.73. The van der Waals surface area contributed by atoms with Crippen LogP contribution in [-0.4, -0.2) is 35.7 Å². The van der Waals surface area contributed by atoms with Gasteiger partial charge in [0.15, 0.2) is 10.9 Å². The summed E-state index contributed by atoms with van der Waals surface area (Å²) in [5.74, 6) is 1.95. The molecule has 7 nitrogen and oxygen atoms in total. The monoisotopic (exact) mass is 441 g/mol. The molecule has 2 heterocycles. The fourth-order valence-electron chi connectivity index (χ4n) is 4.47. The number of hydrogen-bond acceptors (Lipinski definition) is 7. The van der Waals surface area contributed by atoms with Crippen LogP contribution >= 0.6 is 11.8 Å². The number of anilines is 1. The van der Waals surface area contributed by atoms with E-state index in [0.717, 1.165) is 11.4 Å². The number of aromatic nitrogens is 2. The number of Topliss-reactive ketones (excluding diaryl/α,β-unsaturated/α-hetero) is 1. The number of benzene rings is 1. The Labute approximate surface area is 185 Å². The number of rotatable bonds is 5. The molecule has 2 aromatic rings. The number of hydrogen-bond donors (Lipinski definition) is 2. The van der Waals surface area contributed by atoms with Crippen LogP contribution in [0.3, 0.4) is 0 Å². The summed E-state index contributed by atoms with van der Waals surface area (Å²) in [6.07, 6.45) is 1.11. The molecule has 164 valence electrons. The molecule has 1 aliphatic carbocycles. The van der Waals surface area contributed by atoms with E-state index in [2.05, 4.69) is 29.1 Å². The number of fused-ring (bicyclic) bond motifs is 1. The van der Waals surface area contributed by atoms with Gasteiger partial charge < -0.3 is 19.8 Å². The third-order valence-corrected chi connectivity index (χ3v) is 6.48. The van der Waals surface area contributed by atoms with Gasteiger partial charge in [-0.05, 0) is 35.8 Å². The third kappa shape index (κ3) is 3.84. The van der Waals surface area contributed by atoms with Gasteiger partial charge in [-0.3, -0.25) is 9.59 Å². The number of nitrogens with zero attached hydrogens (tertiary/aromatic N) is 1. The highest BCUT2D eigenvalue weighted by Crippen LogP contribution is 2.49. The molecule has 1 aliphatic heterocycles. The van der Waals surface area contributed by atoms with Crippen LogP contribution < -0.4 is 20.3 Å². The Morgan fingerprint density at radius 2 is 1.97 bits per heavy atom. The summed E-state index contributed by atoms with van der Waals surface area (Å²) in [7, 11) is 3.17. The van der Waals surface area contributed by atoms with Crippen LogP contribution in [0.1, 0.15) is 50.7 Å². The van der Waals surface area contributed by atoms with Crippen LogP contribution in [0.15, 0.2) is 39.4 Å². The number of thioether (sulfide) groups is 1. The predicted octanol–water partition coefficient (Wildman–Crippen LogP) is 4.10. The van der Waals surface area contributed by atoms with Gasteiger partial charge in [-0.2, -0.15) is 0 Å². The Morgan fingerprint density at radius 1 is 1.19 bits per heavy atom. The topological polar surface area (TPSA) is 93.3 Å². The Kier molecular flexibility index (Phi) is 5.60.